The largest absolute Gasteiger partial charge is 0.464 e. The van der Waals surface area contributed by atoms with Gasteiger partial charge in [-0.05, 0) is 12.1 Å². The number of esters is 1. The third kappa shape index (κ3) is 2.83. The van der Waals surface area contributed by atoms with Gasteiger partial charge in [-0.3, -0.25) is 4.68 Å². The molecule has 2 N–H and O–H groups in total. The van der Waals surface area contributed by atoms with E-state index in [1.54, 1.807) is 18.2 Å². The number of carbonyl (C=O) groups is 1. The Bertz CT molecular complexity index is 605. The molecule has 0 aliphatic carbocycles. The Kier molecular flexibility index (Phi) is 3.97. The smallest absolute Gasteiger partial charge is 0.360 e. The molecule has 0 bridgehead atoms. The predicted molar refractivity (Wildman–Crippen MR) is 73.5 cm³/mol. The second kappa shape index (κ2) is 5.50. The minimum absolute atomic E-state index is 0.0747. The summed E-state index contributed by atoms with van der Waals surface area (Å²) in [5, 5.41) is 5.12. The maximum Gasteiger partial charge on any atom is 0.360 e. The first-order valence-corrected chi connectivity index (χ1v) is 6.12. The van der Waals surface area contributed by atoms with Crippen LogP contribution in [0, 0.1) is 0 Å². The van der Waals surface area contributed by atoms with Crippen molar-refractivity contribution in [3.63, 3.8) is 0 Å². The highest BCUT2D eigenvalue weighted by molar-refractivity contribution is 6.35. The molecule has 0 saturated carbocycles. The third-order valence-corrected chi connectivity index (χ3v) is 3.26. The molecule has 0 radical (unpaired) electrons. The van der Waals surface area contributed by atoms with Crippen LogP contribution in [0.2, 0.25) is 10.0 Å². The summed E-state index contributed by atoms with van der Waals surface area (Å²) >= 11 is 12.1. The quantitative estimate of drug-likeness (QED) is 0.885. The molecule has 100 valence electrons. The van der Waals surface area contributed by atoms with Gasteiger partial charge in [-0.15, -0.1) is 0 Å². The van der Waals surface area contributed by atoms with E-state index < -0.39 is 5.97 Å². The summed E-state index contributed by atoms with van der Waals surface area (Å²) in [6, 6.07) is 5.22. The number of halogens is 2. The van der Waals surface area contributed by atoms with Gasteiger partial charge in [0.15, 0.2) is 5.69 Å². The maximum absolute atomic E-state index is 11.4. The molecule has 2 aromatic rings. The van der Waals surface area contributed by atoms with Crippen LogP contribution in [0.5, 0.6) is 0 Å². The van der Waals surface area contributed by atoms with Crippen molar-refractivity contribution in [1.82, 2.24) is 9.78 Å². The van der Waals surface area contributed by atoms with E-state index in [2.05, 4.69) is 9.84 Å². The van der Waals surface area contributed by atoms with E-state index in [1.807, 2.05) is 0 Å². The zero-order chi connectivity index (χ0) is 14.0. The number of nitrogen functional groups attached to an aromatic ring is 1. The molecule has 0 amide bonds. The second-order valence-electron chi connectivity index (χ2n) is 3.82. The molecule has 0 saturated heterocycles. The Morgan fingerprint density at radius 3 is 2.63 bits per heavy atom. The van der Waals surface area contributed by atoms with Crippen molar-refractivity contribution < 1.29 is 9.53 Å². The van der Waals surface area contributed by atoms with Crippen molar-refractivity contribution in [1.29, 1.82) is 0 Å². The van der Waals surface area contributed by atoms with Gasteiger partial charge in [0.1, 0.15) is 0 Å². The maximum atomic E-state index is 11.4. The number of carbonyl (C=O) groups excluding carboxylic acids is 1. The van der Waals surface area contributed by atoms with Gasteiger partial charge in [-0.25, -0.2) is 4.79 Å². The molecule has 5 nitrogen and oxygen atoms in total. The van der Waals surface area contributed by atoms with Crippen molar-refractivity contribution in [2.45, 2.75) is 6.54 Å². The first-order valence-electron chi connectivity index (χ1n) is 5.37. The minimum Gasteiger partial charge on any atom is -0.464 e. The normalized spacial score (nSPS) is 10.5. The van der Waals surface area contributed by atoms with Crippen molar-refractivity contribution in [3.8, 4) is 0 Å². The van der Waals surface area contributed by atoms with Crippen molar-refractivity contribution in [2.75, 3.05) is 12.8 Å². The molecular weight excluding hydrogens is 289 g/mol. The SMILES string of the molecule is COC(=O)c1nn(Cc2c(Cl)cccc2Cl)cc1N. The summed E-state index contributed by atoms with van der Waals surface area (Å²) in [5.74, 6) is -0.582. The Morgan fingerprint density at radius 1 is 1.42 bits per heavy atom. The fourth-order valence-corrected chi connectivity index (χ4v) is 2.14. The van der Waals surface area contributed by atoms with Crippen LogP contribution in [0.3, 0.4) is 0 Å². The molecule has 19 heavy (non-hydrogen) atoms. The van der Waals surface area contributed by atoms with Gasteiger partial charge in [0.25, 0.3) is 0 Å². The van der Waals surface area contributed by atoms with Crippen LogP contribution in [-0.4, -0.2) is 22.9 Å². The molecule has 0 spiro atoms. The molecule has 1 aromatic heterocycles. The summed E-state index contributed by atoms with van der Waals surface area (Å²) < 4.78 is 6.08. The van der Waals surface area contributed by atoms with Crippen LogP contribution < -0.4 is 5.73 Å². The summed E-state index contributed by atoms with van der Waals surface area (Å²) in [6.45, 7) is 0.319. The standard InChI is InChI=1S/C12H11Cl2N3O2/c1-19-12(18)11-10(15)6-17(16-11)5-7-8(13)3-2-4-9(7)14/h2-4,6H,5,15H2,1H3. The van der Waals surface area contributed by atoms with Crippen LogP contribution in [0.4, 0.5) is 5.69 Å². The lowest BCUT2D eigenvalue weighted by atomic mass is 10.2. The molecule has 0 fully saturated rings. The zero-order valence-electron chi connectivity index (χ0n) is 10.1. The lowest BCUT2D eigenvalue weighted by Gasteiger charge is -2.06. The molecule has 7 heteroatoms. The third-order valence-electron chi connectivity index (χ3n) is 2.55. The fourth-order valence-electron chi connectivity index (χ4n) is 1.62. The van der Waals surface area contributed by atoms with Gasteiger partial charge in [-0.2, -0.15) is 5.10 Å². The van der Waals surface area contributed by atoms with Gasteiger partial charge >= 0.3 is 5.97 Å². The number of nitrogens with two attached hydrogens (primary N) is 1. The fraction of sp³-hybridized carbons (Fsp3) is 0.167. The monoisotopic (exact) mass is 299 g/mol. The lowest BCUT2D eigenvalue weighted by molar-refractivity contribution is 0.0594. The van der Waals surface area contributed by atoms with Gasteiger partial charge in [0.05, 0.1) is 19.3 Å². The van der Waals surface area contributed by atoms with Crippen LogP contribution in [0.25, 0.3) is 0 Å². The van der Waals surface area contributed by atoms with E-state index in [0.29, 0.717) is 22.2 Å². The topological polar surface area (TPSA) is 70.1 Å². The molecule has 2 rings (SSSR count). The number of methoxy groups -OCH3 is 1. The number of anilines is 1. The summed E-state index contributed by atoms with van der Waals surface area (Å²) in [5.41, 5.74) is 6.73. The van der Waals surface area contributed by atoms with Gasteiger partial charge in [0.2, 0.25) is 0 Å². The Hall–Kier alpha value is -1.72. The molecule has 0 unspecified atom stereocenters. The van der Waals surface area contributed by atoms with Crippen molar-refractivity contribution in [3.05, 3.63) is 45.7 Å². The average molecular weight is 300 g/mol. The summed E-state index contributed by atoms with van der Waals surface area (Å²) in [6.07, 6.45) is 1.53. The van der Waals surface area contributed by atoms with E-state index >= 15 is 0 Å². The average Bonchev–Trinajstić information content (AvgIpc) is 2.74. The van der Waals surface area contributed by atoms with Crippen LogP contribution >= 0.6 is 23.2 Å². The first kappa shape index (κ1) is 13.7. The summed E-state index contributed by atoms with van der Waals surface area (Å²) in [4.78, 5) is 11.4. The number of ether oxygens (including phenoxy) is 1. The zero-order valence-corrected chi connectivity index (χ0v) is 11.6. The molecule has 0 aliphatic heterocycles. The van der Waals surface area contributed by atoms with E-state index in [1.165, 1.54) is 18.0 Å². The minimum atomic E-state index is -0.582. The highest BCUT2D eigenvalue weighted by atomic mass is 35.5. The number of aromatic nitrogens is 2. The highest BCUT2D eigenvalue weighted by Gasteiger charge is 2.16. The number of hydrogen-bond acceptors (Lipinski definition) is 4. The van der Waals surface area contributed by atoms with Crippen LogP contribution in [-0.2, 0) is 11.3 Å². The summed E-state index contributed by atoms with van der Waals surface area (Å²) in [7, 11) is 1.27. The van der Waals surface area contributed by atoms with E-state index in [9.17, 15) is 4.79 Å². The second-order valence-corrected chi connectivity index (χ2v) is 4.64. The van der Waals surface area contributed by atoms with Gasteiger partial charge in [-0.1, -0.05) is 29.3 Å². The van der Waals surface area contributed by atoms with Crippen LogP contribution in [0.1, 0.15) is 16.1 Å². The Labute approximate surface area is 119 Å². The van der Waals surface area contributed by atoms with Crippen molar-refractivity contribution in [2.24, 2.45) is 0 Å². The Morgan fingerprint density at radius 2 is 2.05 bits per heavy atom. The Balaban J connectivity index is 2.32. The van der Waals surface area contributed by atoms with Gasteiger partial charge < -0.3 is 10.5 Å². The van der Waals surface area contributed by atoms with E-state index in [4.69, 9.17) is 28.9 Å². The molecule has 0 aliphatic rings. The lowest BCUT2D eigenvalue weighted by Crippen LogP contribution is -2.07. The van der Waals surface area contributed by atoms with E-state index in [-0.39, 0.29) is 11.4 Å². The highest BCUT2D eigenvalue weighted by Crippen LogP contribution is 2.25. The van der Waals surface area contributed by atoms with Crippen LogP contribution in [0.15, 0.2) is 24.4 Å². The number of rotatable bonds is 3. The molecule has 1 heterocycles. The number of benzene rings is 1. The predicted octanol–water partition coefficient (Wildman–Crippen LogP) is 2.61. The van der Waals surface area contributed by atoms with Gasteiger partial charge in [0, 0.05) is 21.8 Å². The number of hydrogen-bond donors (Lipinski definition) is 1. The molecular formula is C12H11Cl2N3O2. The molecule has 1 aromatic carbocycles. The first-order chi connectivity index (χ1) is 9.02. The van der Waals surface area contributed by atoms with Crippen molar-refractivity contribution >= 4 is 34.9 Å². The van der Waals surface area contributed by atoms with E-state index in [0.717, 1.165) is 0 Å². The molecule has 0 atom stereocenters. The number of nitrogens with zero attached hydrogens (tertiary/aromatic N) is 2.